The summed E-state index contributed by atoms with van der Waals surface area (Å²) in [5.74, 6) is -1.82. The lowest BCUT2D eigenvalue weighted by Crippen LogP contribution is -2.68. The van der Waals surface area contributed by atoms with Gasteiger partial charge in [-0.2, -0.15) is 0 Å². The Morgan fingerprint density at radius 3 is 2.55 bits per heavy atom. The largest absolute Gasteiger partial charge is 0.502 e. The molecule has 1 spiro atoms. The third kappa shape index (κ3) is 4.45. The molecule has 4 atom stereocenters. The number of methoxy groups -OCH3 is 1. The van der Waals surface area contributed by atoms with Gasteiger partial charge in [-0.25, -0.2) is 8.78 Å². The summed E-state index contributed by atoms with van der Waals surface area (Å²) < 4.78 is 33.9. The normalized spacial score (nSPS) is 24.8. The SMILES string of the molecule is CCN1C(=O)c2c(O)c(=O)c(-c3nnc(Cc4ccc(F)cc4F)s3)cn2N(C)C12C[C@H]1CC(CC(=O)OC)C[C@H]1C2. The van der Waals surface area contributed by atoms with Gasteiger partial charge in [-0.1, -0.05) is 17.4 Å². The molecule has 0 radical (unpaired) electrons. The maximum absolute atomic E-state index is 14.2. The molecule has 42 heavy (non-hydrogen) atoms. The Morgan fingerprint density at radius 2 is 1.90 bits per heavy atom. The van der Waals surface area contributed by atoms with Crippen LogP contribution in [-0.4, -0.2) is 63.1 Å². The number of aromatic hydroxyl groups is 1. The molecule has 2 saturated carbocycles. The van der Waals surface area contributed by atoms with Crippen LogP contribution < -0.4 is 10.4 Å². The number of hydrogen-bond acceptors (Lipinski definition) is 9. The van der Waals surface area contributed by atoms with Crippen molar-refractivity contribution in [3.8, 4) is 16.3 Å². The molecule has 13 heteroatoms. The lowest BCUT2D eigenvalue weighted by atomic mass is 9.93. The number of amides is 1. The Labute approximate surface area is 244 Å². The van der Waals surface area contributed by atoms with Crippen LogP contribution in [0.1, 0.15) is 60.1 Å². The summed E-state index contributed by atoms with van der Waals surface area (Å²) in [4.78, 5) is 40.8. The van der Waals surface area contributed by atoms with Crippen molar-refractivity contribution in [2.75, 3.05) is 25.7 Å². The summed E-state index contributed by atoms with van der Waals surface area (Å²) in [6, 6.07) is 3.29. The molecule has 2 aliphatic carbocycles. The van der Waals surface area contributed by atoms with E-state index in [0.717, 1.165) is 36.3 Å². The number of rotatable bonds is 6. The van der Waals surface area contributed by atoms with E-state index in [1.54, 1.807) is 9.58 Å². The van der Waals surface area contributed by atoms with Gasteiger partial charge < -0.3 is 14.7 Å². The zero-order chi connectivity index (χ0) is 29.9. The molecule has 3 heterocycles. The van der Waals surface area contributed by atoms with E-state index in [4.69, 9.17) is 4.74 Å². The van der Waals surface area contributed by atoms with E-state index in [-0.39, 0.29) is 40.1 Å². The second-order valence-corrected chi connectivity index (χ2v) is 12.5. The number of esters is 1. The first-order valence-electron chi connectivity index (χ1n) is 13.9. The van der Waals surface area contributed by atoms with Crippen molar-refractivity contribution < 1.29 is 28.2 Å². The summed E-state index contributed by atoms with van der Waals surface area (Å²) in [5, 5.41) is 21.8. The van der Waals surface area contributed by atoms with Crippen molar-refractivity contribution >= 4 is 23.2 Å². The molecular formula is C29H31F2N5O5S. The second kappa shape index (κ2) is 10.4. The van der Waals surface area contributed by atoms with Gasteiger partial charge in [0.2, 0.25) is 5.43 Å². The minimum atomic E-state index is -0.750. The smallest absolute Gasteiger partial charge is 0.305 e. The monoisotopic (exact) mass is 599 g/mol. The van der Waals surface area contributed by atoms with Gasteiger partial charge in [0.1, 0.15) is 22.3 Å². The van der Waals surface area contributed by atoms with Crippen LogP contribution in [0.4, 0.5) is 8.78 Å². The topological polar surface area (TPSA) is 118 Å². The van der Waals surface area contributed by atoms with E-state index >= 15 is 0 Å². The molecule has 10 nitrogen and oxygen atoms in total. The van der Waals surface area contributed by atoms with E-state index in [0.29, 0.717) is 42.7 Å². The molecule has 2 fully saturated rings. The van der Waals surface area contributed by atoms with E-state index in [1.807, 2.05) is 19.0 Å². The van der Waals surface area contributed by atoms with Crippen molar-refractivity contribution in [1.29, 1.82) is 0 Å². The number of halogens is 2. The molecule has 0 bridgehead atoms. The summed E-state index contributed by atoms with van der Waals surface area (Å²) in [6.45, 7) is 2.27. The number of fused-ring (bicyclic) bond motifs is 2. The quantitative estimate of drug-likeness (QED) is 0.427. The van der Waals surface area contributed by atoms with Crippen LogP contribution >= 0.6 is 11.3 Å². The lowest BCUT2D eigenvalue weighted by molar-refractivity contribution is -0.141. The van der Waals surface area contributed by atoms with Crippen LogP contribution in [0.5, 0.6) is 5.75 Å². The summed E-state index contributed by atoms with van der Waals surface area (Å²) in [7, 11) is 3.25. The Kier molecular flexibility index (Phi) is 7.03. The molecule has 1 N–H and O–H groups in total. The molecule has 1 aliphatic heterocycles. The fourth-order valence-corrected chi connectivity index (χ4v) is 8.17. The van der Waals surface area contributed by atoms with Crippen LogP contribution in [0.2, 0.25) is 0 Å². The molecule has 3 aromatic rings. The van der Waals surface area contributed by atoms with Gasteiger partial charge in [-0.05, 0) is 62.0 Å². The summed E-state index contributed by atoms with van der Waals surface area (Å²) in [5.41, 5.74) is -1.24. The predicted octanol–water partition coefficient (Wildman–Crippen LogP) is 3.68. The van der Waals surface area contributed by atoms with Crippen molar-refractivity contribution in [2.45, 2.75) is 51.1 Å². The van der Waals surface area contributed by atoms with Gasteiger partial charge in [0, 0.05) is 38.7 Å². The first-order valence-corrected chi connectivity index (χ1v) is 14.8. The molecule has 1 amide bonds. The van der Waals surface area contributed by atoms with Crippen LogP contribution in [0, 0.1) is 29.4 Å². The number of benzene rings is 1. The zero-order valence-electron chi connectivity index (χ0n) is 23.5. The highest BCUT2D eigenvalue weighted by Gasteiger charge is 2.58. The molecule has 6 rings (SSSR count). The van der Waals surface area contributed by atoms with Gasteiger partial charge in [0.25, 0.3) is 5.91 Å². The molecular weight excluding hydrogens is 568 g/mol. The molecule has 2 aromatic heterocycles. The van der Waals surface area contributed by atoms with E-state index in [1.165, 1.54) is 19.4 Å². The number of hydrogen-bond donors (Lipinski definition) is 1. The number of aromatic nitrogens is 3. The molecule has 2 unspecified atom stereocenters. The van der Waals surface area contributed by atoms with E-state index in [2.05, 4.69) is 10.2 Å². The fraction of sp³-hybridized carbons (Fsp3) is 0.483. The van der Waals surface area contributed by atoms with Crippen molar-refractivity contribution in [2.24, 2.45) is 17.8 Å². The van der Waals surface area contributed by atoms with Gasteiger partial charge in [0.15, 0.2) is 16.5 Å². The number of carbonyl (C=O) groups excluding carboxylic acids is 2. The minimum Gasteiger partial charge on any atom is -0.502 e. The Balaban J connectivity index is 1.33. The zero-order valence-corrected chi connectivity index (χ0v) is 24.3. The van der Waals surface area contributed by atoms with Crippen molar-refractivity contribution in [1.82, 2.24) is 19.8 Å². The minimum absolute atomic E-state index is 0.0503. The Hall–Kier alpha value is -3.87. The predicted molar refractivity (Wildman–Crippen MR) is 150 cm³/mol. The van der Waals surface area contributed by atoms with Crippen LogP contribution in [0.3, 0.4) is 0 Å². The van der Waals surface area contributed by atoms with Crippen molar-refractivity contribution in [3.05, 3.63) is 62.5 Å². The number of ether oxygens (including phenoxy) is 1. The van der Waals surface area contributed by atoms with Gasteiger partial charge in [-0.3, -0.25) is 24.1 Å². The van der Waals surface area contributed by atoms with Crippen molar-refractivity contribution in [3.63, 3.8) is 0 Å². The highest BCUT2D eigenvalue weighted by Crippen LogP contribution is 2.55. The summed E-state index contributed by atoms with van der Waals surface area (Å²) >= 11 is 1.06. The highest BCUT2D eigenvalue weighted by atomic mass is 32.1. The van der Waals surface area contributed by atoms with Gasteiger partial charge in [-0.15, -0.1) is 10.2 Å². The standard InChI is InChI=1S/C29H31F2N5O5S/c1-4-35-28(40)24-26(39)25(38)20(27-33-32-22(42-27)10-16-5-6-19(30)11-21(16)31)14-36(24)34(2)29(35)12-17-7-15(8-18(17)13-29)9-23(37)41-3/h5-6,11,14-15,17-18,39H,4,7-10,12-13H2,1-3H3/t15?,17-,18+,29?. The summed E-state index contributed by atoms with van der Waals surface area (Å²) in [6.07, 6.45) is 5.09. The lowest BCUT2D eigenvalue weighted by Gasteiger charge is -2.53. The van der Waals surface area contributed by atoms with Crippen LogP contribution in [-0.2, 0) is 16.0 Å². The third-order valence-electron chi connectivity index (χ3n) is 9.21. The highest BCUT2D eigenvalue weighted by molar-refractivity contribution is 7.14. The maximum atomic E-state index is 14.2. The number of nitrogens with zero attached hydrogens (tertiary/aromatic N) is 5. The molecule has 3 aliphatic rings. The first-order chi connectivity index (χ1) is 20.1. The fourth-order valence-electron chi connectivity index (χ4n) is 7.30. The van der Waals surface area contributed by atoms with Gasteiger partial charge >= 0.3 is 5.97 Å². The van der Waals surface area contributed by atoms with E-state index < -0.39 is 34.4 Å². The molecule has 222 valence electrons. The average molecular weight is 600 g/mol. The number of carbonyl (C=O) groups is 2. The number of pyridine rings is 1. The Morgan fingerprint density at radius 1 is 1.19 bits per heavy atom. The van der Waals surface area contributed by atoms with Gasteiger partial charge in [0.05, 0.1) is 12.7 Å². The first kappa shape index (κ1) is 28.3. The molecule has 1 aromatic carbocycles. The maximum Gasteiger partial charge on any atom is 0.305 e. The third-order valence-corrected chi connectivity index (χ3v) is 10.2. The van der Waals surface area contributed by atoms with Crippen LogP contribution in [0.25, 0.3) is 10.6 Å². The average Bonchev–Trinajstić information content (AvgIpc) is 3.65. The van der Waals surface area contributed by atoms with Crippen LogP contribution in [0.15, 0.2) is 29.2 Å². The second-order valence-electron chi connectivity index (χ2n) is 11.4. The molecule has 0 saturated heterocycles. The van der Waals surface area contributed by atoms with E-state index in [9.17, 15) is 28.3 Å². The Bertz CT molecular complexity index is 1630.